The van der Waals surface area contributed by atoms with Crippen LogP contribution in [0.5, 0.6) is 0 Å². The van der Waals surface area contributed by atoms with Crippen LogP contribution >= 0.6 is 0 Å². The highest BCUT2D eigenvalue weighted by Gasteiger charge is 2.32. The van der Waals surface area contributed by atoms with Crippen LogP contribution < -0.4 is 0 Å². The van der Waals surface area contributed by atoms with E-state index >= 15 is 0 Å². The van der Waals surface area contributed by atoms with Crippen LogP contribution in [0.1, 0.15) is 46.0 Å². The lowest BCUT2D eigenvalue weighted by Crippen LogP contribution is -2.43. The summed E-state index contributed by atoms with van der Waals surface area (Å²) in [6.07, 6.45) is 6.20. The van der Waals surface area contributed by atoms with Gasteiger partial charge in [-0.25, -0.2) is 0 Å². The zero-order valence-electron chi connectivity index (χ0n) is 11.0. The van der Waals surface area contributed by atoms with Gasteiger partial charge in [-0.05, 0) is 56.9 Å². The van der Waals surface area contributed by atoms with Gasteiger partial charge in [-0.1, -0.05) is 13.8 Å². The molecule has 3 unspecified atom stereocenters. The van der Waals surface area contributed by atoms with E-state index in [4.69, 9.17) is 0 Å². The maximum Gasteiger partial charge on any atom is 0.0546 e. The number of rotatable bonds is 3. The average Bonchev–Trinajstić information content (AvgIpc) is 2.19. The smallest absolute Gasteiger partial charge is 0.0546 e. The van der Waals surface area contributed by atoms with Crippen molar-refractivity contribution in [1.29, 1.82) is 0 Å². The molecule has 2 aliphatic carbocycles. The van der Waals surface area contributed by atoms with Gasteiger partial charge in [0.2, 0.25) is 0 Å². The molecule has 2 rings (SSSR count). The van der Waals surface area contributed by atoms with E-state index < -0.39 is 0 Å². The number of hydrogen-bond acceptors (Lipinski definition) is 2. The van der Waals surface area contributed by atoms with E-state index in [1.807, 2.05) is 0 Å². The van der Waals surface area contributed by atoms with Crippen molar-refractivity contribution in [3.05, 3.63) is 0 Å². The fourth-order valence-electron chi connectivity index (χ4n) is 3.33. The number of nitrogens with zero attached hydrogens (tertiary/aromatic N) is 1. The molecule has 2 saturated carbocycles. The van der Waals surface area contributed by atoms with Gasteiger partial charge in [0.25, 0.3) is 0 Å². The second-order valence-corrected chi connectivity index (χ2v) is 6.35. The Hall–Kier alpha value is -0.0800. The minimum absolute atomic E-state index is 0.00343. The van der Waals surface area contributed by atoms with Crippen molar-refractivity contribution in [3.8, 4) is 0 Å². The Balaban J connectivity index is 1.74. The topological polar surface area (TPSA) is 23.5 Å². The van der Waals surface area contributed by atoms with E-state index in [-0.39, 0.29) is 6.10 Å². The van der Waals surface area contributed by atoms with E-state index in [0.717, 1.165) is 36.6 Å². The van der Waals surface area contributed by atoms with Crippen molar-refractivity contribution < 1.29 is 5.11 Å². The van der Waals surface area contributed by atoms with Gasteiger partial charge in [0.1, 0.15) is 0 Å². The quantitative estimate of drug-likeness (QED) is 0.798. The Morgan fingerprint density at radius 2 is 1.75 bits per heavy atom. The van der Waals surface area contributed by atoms with E-state index in [1.54, 1.807) is 0 Å². The lowest BCUT2D eigenvalue weighted by atomic mass is 9.77. The molecule has 2 fully saturated rings. The molecular formula is C14H27NO. The molecular weight excluding hydrogens is 198 g/mol. The fourth-order valence-corrected chi connectivity index (χ4v) is 3.33. The highest BCUT2D eigenvalue weighted by atomic mass is 16.3. The molecule has 3 atom stereocenters. The fraction of sp³-hybridized carbons (Fsp3) is 1.00. The first kappa shape index (κ1) is 12.4. The number of aliphatic hydroxyl groups excluding tert-OH is 1. The van der Waals surface area contributed by atoms with E-state index in [9.17, 15) is 5.11 Å². The molecule has 16 heavy (non-hydrogen) atoms. The SMILES string of the molecule is CC1CCC(N(C)CC2CC(O)C2)CC1C. The summed E-state index contributed by atoms with van der Waals surface area (Å²) in [7, 11) is 2.28. The van der Waals surface area contributed by atoms with Crippen LogP contribution in [0, 0.1) is 17.8 Å². The predicted molar refractivity (Wildman–Crippen MR) is 67.3 cm³/mol. The first-order valence-electron chi connectivity index (χ1n) is 6.94. The lowest BCUT2D eigenvalue weighted by molar-refractivity contribution is 0.0147. The molecule has 2 aliphatic rings. The summed E-state index contributed by atoms with van der Waals surface area (Å²) in [5, 5.41) is 9.30. The van der Waals surface area contributed by atoms with Crippen LogP contribution in [0.2, 0.25) is 0 Å². The summed E-state index contributed by atoms with van der Waals surface area (Å²) < 4.78 is 0. The Morgan fingerprint density at radius 1 is 1.06 bits per heavy atom. The maximum atomic E-state index is 9.30. The average molecular weight is 225 g/mol. The summed E-state index contributed by atoms with van der Waals surface area (Å²) in [5.74, 6) is 2.55. The minimum Gasteiger partial charge on any atom is -0.393 e. The Morgan fingerprint density at radius 3 is 2.31 bits per heavy atom. The molecule has 0 aromatic carbocycles. The van der Waals surface area contributed by atoms with Gasteiger partial charge in [0.15, 0.2) is 0 Å². The largest absolute Gasteiger partial charge is 0.393 e. The van der Waals surface area contributed by atoms with Gasteiger partial charge in [0, 0.05) is 12.6 Å². The van der Waals surface area contributed by atoms with Crippen LogP contribution in [-0.4, -0.2) is 35.7 Å². The molecule has 0 aromatic heterocycles. The molecule has 0 bridgehead atoms. The third-order valence-electron chi connectivity index (χ3n) is 4.95. The van der Waals surface area contributed by atoms with Crippen molar-refractivity contribution in [2.75, 3.05) is 13.6 Å². The minimum atomic E-state index is 0.00343. The van der Waals surface area contributed by atoms with Gasteiger partial charge >= 0.3 is 0 Å². The van der Waals surface area contributed by atoms with E-state index in [2.05, 4.69) is 25.8 Å². The normalized spacial score (nSPS) is 44.4. The molecule has 94 valence electrons. The molecule has 0 spiro atoms. The van der Waals surface area contributed by atoms with Crippen LogP contribution in [0.15, 0.2) is 0 Å². The second kappa shape index (κ2) is 5.05. The standard InChI is InChI=1S/C14H27NO/c1-10-4-5-13(6-11(10)2)15(3)9-12-7-14(16)8-12/h10-14,16H,4-9H2,1-3H3. The maximum absolute atomic E-state index is 9.30. The molecule has 2 heteroatoms. The Kier molecular flexibility index (Phi) is 3.91. The van der Waals surface area contributed by atoms with Crippen molar-refractivity contribution in [1.82, 2.24) is 4.90 Å². The third-order valence-corrected chi connectivity index (χ3v) is 4.95. The third kappa shape index (κ3) is 2.78. The Labute approximate surface area is 100 Å². The Bertz CT molecular complexity index is 225. The number of aliphatic hydroxyl groups is 1. The molecule has 0 aromatic rings. The van der Waals surface area contributed by atoms with Crippen LogP contribution in [0.3, 0.4) is 0 Å². The van der Waals surface area contributed by atoms with Crippen molar-refractivity contribution in [3.63, 3.8) is 0 Å². The highest BCUT2D eigenvalue weighted by Crippen LogP contribution is 2.34. The van der Waals surface area contributed by atoms with E-state index in [1.165, 1.54) is 25.8 Å². The van der Waals surface area contributed by atoms with E-state index in [0.29, 0.717) is 0 Å². The summed E-state index contributed by atoms with van der Waals surface area (Å²) in [6, 6.07) is 0.795. The van der Waals surface area contributed by atoms with Crippen molar-refractivity contribution >= 4 is 0 Å². The zero-order valence-corrected chi connectivity index (χ0v) is 11.0. The van der Waals surface area contributed by atoms with Gasteiger partial charge in [-0.3, -0.25) is 0 Å². The molecule has 0 saturated heterocycles. The summed E-state index contributed by atoms with van der Waals surface area (Å²) >= 11 is 0. The molecule has 0 radical (unpaired) electrons. The summed E-state index contributed by atoms with van der Waals surface area (Å²) in [6.45, 7) is 5.99. The van der Waals surface area contributed by atoms with Gasteiger partial charge in [0.05, 0.1) is 6.10 Å². The first-order chi connectivity index (χ1) is 7.56. The monoisotopic (exact) mass is 225 g/mol. The van der Waals surface area contributed by atoms with Crippen LogP contribution in [-0.2, 0) is 0 Å². The van der Waals surface area contributed by atoms with Gasteiger partial charge in [-0.2, -0.15) is 0 Å². The summed E-state index contributed by atoms with van der Waals surface area (Å²) in [4.78, 5) is 2.55. The van der Waals surface area contributed by atoms with Crippen molar-refractivity contribution in [2.45, 2.75) is 58.1 Å². The molecule has 0 heterocycles. The van der Waals surface area contributed by atoms with Gasteiger partial charge in [-0.15, -0.1) is 0 Å². The first-order valence-corrected chi connectivity index (χ1v) is 6.94. The van der Waals surface area contributed by atoms with Crippen LogP contribution in [0.25, 0.3) is 0 Å². The molecule has 0 amide bonds. The predicted octanol–water partition coefficient (Wildman–Crippen LogP) is 2.51. The summed E-state index contributed by atoms with van der Waals surface area (Å²) in [5.41, 5.74) is 0. The van der Waals surface area contributed by atoms with Crippen molar-refractivity contribution in [2.24, 2.45) is 17.8 Å². The molecule has 0 aliphatic heterocycles. The lowest BCUT2D eigenvalue weighted by Gasteiger charge is -2.41. The highest BCUT2D eigenvalue weighted by molar-refractivity contribution is 4.85. The molecule has 1 N–H and O–H groups in total. The van der Waals surface area contributed by atoms with Gasteiger partial charge < -0.3 is 10.0 Å². The van der Waals surface area contributed by atoms with Crippen LogP contribution in [0.4, 0.5) is 0 Å². The molecule has 2 nitrogen and oxygen atoms in total. The number of hydrogen-bond donors (Lipinski definition) is 1. The second-order valence-electron chi connectivity index (χ2n) is 6.35. The zero-order chi connectivity index (χ0) is 11.7.